The summed E-state index contributed by atoms with van der Waals surface area (Å²) in [7, 11) is 3.05. The Balaban J connectivity index is 1.54. The minimum absolute atomic E-state index is 0.0000889. The van der Waals surface area contributed by atoms with E-state index >= 15 is 0 Å². The van der Waals surface area contributed by atoms with Crippen molar-refractivity contribution in [2.75, 3.05) is 19.5 Å². The van der Waals surface area contributed by atoms with E-state index in [-0.39, 0.29) is 11.5 Å². The summed E-state index contributed by atoms with van der Waals surface area (Å²) in [5, 5.41) is 5.49. The van der Waals surface area contributed by atoms with Gasteiger partial charge in [-0.25, -0.2) is 0 Å². The summed E-state index contributed by atoms with van der Waals surface area (Å²) in [6.45, 7) is 0. The maximum absolute atomic E-state index is 13.4. The molecule has 0 heterocycles. The van der Waals surface area contributed by atoms with Crippen LogP contribution in [-0.4, -0.2) is 31.8 Å². The average Bonchev–Trinajstić information content (AvgIpc) is 3.01. The van der Waals surface area contributed by atoms with Crippen molar-refractivity contribution in [2.24, 2.45) is 0 Å². The van der Waals surface area contributed by atoms with Crippen LogP contribution in [0.4, 0.5) is 5.69 Å². The molecule has 206 valence electrons. The fraction of sp³-hybridized carbons (Fsp3) is 0.0606. The topological polar surface area (TPSA) is 93.7 Å². The molecule has 8 heteroatoms. The number of carbonyl (C=O) groups excluding carboxylic acids is 3. The quantitative estimate of drug-likeness (QED) is 0.153. The van der Waals surface area contributed by atoms with Gasteiger partial charge in [0.2, 0.25) is 0 Å². The molecule has 2 amide bonds. The second-order valence-electron chi connectivity index (χ2n) is 8.77. The molecule has 0 atom stereocenters. The van der Waals surface area contributed by atoms with E-state index in [9.17, 15) is 14.4 Å². The van der Waals surface area contributed by atoms with E-state index in [4.69, 9.17) is 9.47 Å². The Labute approximate surface area is 246 Å². The van der Waals surface area contributed by atoms with E-state index in [2.05, 4.69) is 26.6 Å². The van der Waals surface area contributed by atoms with Crippen molar-refractivity contribution >= 4 is 51.4 Å². The number of hydrogen-bond acceptors (Lipinski definition) is 5. The summed E-state index contributed by atoms with van der Waals surface area (Å²) in [6, 6.07) is 27.8. The molecular weight excluding hydrogens is 584 g/mol. The molecule has 0 saturated heterocycles. The summed E-state index contributed by atoms with van der Waals surface area (Å²) in [5.41, 5.74) is 2.77. The van der Waals surface area contributed by atoms with E-state index in [0.717, 1.165) is 10.0 Å². The van der Waals surface area contributed by atoms with Crippen molar-refractivity contribution in [2.45, 2.75) is 0 Å². The third-order valence-corrected chi connectivity index (χ3v) is 6.52. The van der Waals surface area contributed by atoms with Gasteiger partial charge in [0, 0.05) is 32.9 Å². The van der Waals surface area contributed by atoms with E-state index in [1.807, 2.05) is 24.3 Å². The molecule has 41 heavy (non-hydrogen) atoms. The Hall–Kier alpha value is -4.95. The summed E-state index contributed by atoms with van der Waals surface area (Å²) in [4.78, 5) is 38.9. The van der Waals surface area contributed by atoms with Gasteiger partial charge in [-0.2, -0.15) is 0 Å². The second kappa shape index (κ2) is 13.9. The Morgan fingerprint density at radius 2 is 1.49 bits per heavy atom. The highest BCUT2D eigenvalue weighted by molar-refractivity contribution is 9.10. The van der Waals surface area contributed by atoms with Crippen LogP contribution in [0, 0.1) is 0 Å². The van der Waals surface area contributed by atoms with Gasteiger partial charge in [0.1, 0.15) is 17.2 Å². The van der Waals surface area contributed by atoms with Crippen LogP contribution in [0.15, 0.2) is 113 Å². The van der Waals surface area contributed by atoms with Crippen molar-refractivity contribution in [3.05, 3.63) is 136 Å². The lowest BCUT2D eigenvalue weighted by atomic mass is 10.1. The molecule has 0 aliphatic rings. The van der Waals surface area contributed by atoms with Crippen LogP contribution < -0.4 is 20.1 Å². The summed E-state index contributed by atoms with van der Waals surface area (Å²) in [5.74, 6) is -0.130. The van der Waals surface area contributed by atoms with Gasteiger partial charge in [0.15, 0.2) is 5.78 Å². The van der Waals surface area contributed by atoms with Gasteiger partial charge in [0.05, 0.1) is 14.2 Å². The second-order valence-corrected chi connectivity index (χ2v) is 9.68. The molecule has 0 aromatic heterocycles. The van der Waals surface area contributed by atoms with Crippen LogP contribution in [0.1, 0.15) is 31.8 Å². The van der Waals surface area contributed by atoms with E-state index < -0.39 is 11.8 Å². The van der Waals surface area contributed by atoms with E-state index in [0.29, 0.717) is 33.9 Å². The van der Waals surface area contributed by atoms with Crippen LogP contribution >= 0.6 is 15.9 Å². The first kappa shape index (κ1) is 29.0. The molecule has 0 bridgehead atoms. The standard InChI is InChI=1S/C33H27BrN2O5/c1-40-28-18-13-25(31(21-28)41-2)20-29(36-32(38)24-6-4-3-5-7-24)33(39)35-27-16-11-23(12-17-27)30(37)19-10-22-8-14-26(34)15-9-22/h3-21H,1-2H3,(H,35,39)(H,36,38)/b19-10+,29-20-. The van der Waals surface area contributed by atoms with Gasteiger partial charge >= 0.3 is 0 Å². The first-order valence-corrected chi connectivity index (χ1v) is 13.3. The van der Waals surface area contributed by atoms with Crippen molar-refractivity contribution in [1.29, 1.82) is 0 Å². The fourth-order valence-electron chi connectivity index (χ4n) is 3.79. The third-order valence-electron chi connectivity index (χ3n) is 5.99. The minimum atomic E-state index is -0.554. The minimum Gasteiger partial charge on any atom is -0.497 e. The summed E-state index contributed by atoms with van der Waals surface area (Å²) < 4.78 is 11.7. The van der Waals surface area contributed by atoms with Crippen LogP contribution in [0.25, 0.3) is 12.2 Å². The zero-order chi connectivity index (χ0) is 29.2. The number of carbonyl (C=O) groups is 3. The number of ether oxygens (including phenoxy) is 2. The number of methoxy groups -OCH3 is 2. The maximum Gasteiger partial charge on any atom is 0.272 e. The Morgan fingerprint density at radius 1 is 0.780 bits per heavy atom. The number of halogens is 1. The molecule has 0 unspecified atom stereocenters. The van der Waals surface area contributed by atoms with Gasteiger partial charge in [-0.05, 0) is 78.4 Å². The highest BCUT2D eigenvalue weighted by Crippen LogP contribution is 2.26. The van der Waals surface area contributed by atoms with Crippen molar-refractivity contribution in [1.82, 2.24) is 5.32 Å². The Morgan fingerprint density at radius 3 is 2.15 bits per heavy atom. The molecule has 4 aromatic rings. The van der Waals surface area contributed by atoms with Crippen LogP contribution in [0.5, 0.6) is 11.5 Å². The van der Waals surface area contributed by atoms with Crippen molar-refractivity contribution in [3.8, 4) is 11.5 Å². The lowest BCUT2D eigenvalue weighted by molar-refractivity contribution is -0.113. The monoisotopic (exact) mass is 610 g/mol. The highest BCUT2D eigenvalue weighted by atomic mass is 79.9. The lowest BCUT2D eigenvalue weighted by Gasteiger charge is -2.13. The molecule has 4 aromatic carbocycles. The number of anilines is 1. The number of hydrogen-bond donors (Lipinski definition) is 2. The van der Waals surface area contributed by atoms with Crippen LogP contribution in [-0.2, 0) is 4.79 Å². The first-order chi connectivity index (χ1) is 19.9. The van der Waals surface area contributed by atoms with Gasteiger partial charge in [-0.15, -0.1) is 0 Å². The van der Waals surface area contributed by atoms with Gasteiger partial charge < -0.3 is 20.1 Å². The summed E-state index contributed by atoms with van der Waals surface area (Å²) >= 11 is 3.39. The third kappa shape index (κ3) is 8.03. The molecule has 0 saturated carbocycles. The lowest BCUT2D eigenvalue weighted by Crippen LogP contribution is -2.30. The molecule has 0 aliphatic carbocycles. The smallest absolute Gasteiger partial charge is 0.272 e. The number of amides is 2. The number of benzene rings is 4. The molecule has 0 spiro atoms. The molecule has 4 rings (SSSR count). The summed E-state index contributed by atoms with van der Waals surface area (Å²) in [6.07, 6.45) is 4.77. The molecular formula is C33H27BrN2O5. The van der Waals surface area contributed by atoms with E-state index in [1.165, 1.54) is 19.3 Å². The SMILES string of the molecule is COc1ccc(/C=C(\NC(=O)c2ccccc2)C(=O)Nc2ccc(C(=O)/C=C/c3ccc(Br)cc3)cc2)c(OC)c1. The van der Waals surface area contributed by atoms with Gasteiger partial charge in [-0.3, -0.25) is 14.4 Å². The van der Waals surface area contributed by atoms with Crippen LogP contribution in [0.2, 0.25) is 0 Å². The number of rotatable bonds is 10. The number of allylic oxidation sites excluding steroid dienone is 1. The number of ketones is 1. The molecule has 0 aliphatic heterocycles. The molecule has 7 nitrogen and oxygen atoms in total. The highest BCUT2D eigenvalue weighted by Gasteiger charge is 2.17. The van der Waals surface area contributed by atoms with Gasteiger partial charge in [0.25, 0.3) is 11.8 Å². The predicted octanol–water partition coefficient (Wildman–Crippen LogP) is 6.77. The average molecular weight is 611 g/mol. The maximum atomic E-state index is 13.4. The zero-order valence-corrected chi connectivity index (χ0v) is 24.0. The molecule has 2 N–H and O–H groups in total. The van der Waals surface area contributed by atoms with Crippen molar-refractivity contribution in [3.63, 3.8) is 0 Å². The van der Waals surface area contributed by atoms with E-state index in [1.54, 1.807) is 86.0 Å². The zero-order valence-electron chi connectivity index (χ0n) is 22.4. The largest absolute Gasteiger partial charge is 0.497 e. The van der Waals surface area contributed by atoms with Crippen molar-refractivity contribution < 1.29 is 23.9 Å². The normalized spacial score (nSPS) is 11.1. The molecule has 0 fully saturated rings. The van der Waals surface area contributed by atoms with Crippen LogP contribution in [0.3, 0.4) is 0 Å². The Bertz CT molecular complexity index is 1600. The predicted molar refractivity (Wildman–Crippen MR) is 164 cm³/mol. The Kier molecular flexibility index (Phi) is 9.85. The molecule has 0 radical (unpaired) electrons. The van der Waals surface area contributed by atoms with Gasteiger partial charge in [-0.1, -0.05) is 52.3 Å². The first-order valence-electron chi connectivity index (χ1n) is 12.6. The fourth-order valence-corrected chi connectivity index (χ4v) is 4.06. The number of nitrogens with one attached hydrogen (secondary N) is 2.